The van der Waals surface area contributed by atoms with Gasteiger partial charge in [0.15, 0.2) is 0 Å². The predicted molar refractivity (Wildman–Crippen MR) is 103 cm³/mol. The van der Waals surface area contributed by atoms with Crippen molar-refractivity contribution in [3.8, 4) is 0 Å². The van der Waals surface area contributed by atoms with Crippen molar-refractivity contribution in [2.45, 2.75) is 92.1 Å². The zero-order valence-corrected chi connectivity index (χ0v) is 19.2. The Kier molecular flexibility index (Phi) is 10.7. The van der Waals surface area contributed by atoms with Crippen molar-refractivity contribution in [2.24, 2.45) is 16.7 Å². The minimum Gasteiger partial charge on any atom is -0.465 e. The van der Waals surface area contributed by atoms with E-state index in [2.05, 4.69) is 23.3 Å². The van der Waals surface area contributed by atoms with Gasteiger partial charge < -0.3 is 9.47 Å². The van der Waals surface area contributed by atoms with Gasteiger partial charge in [0.05, 0.1) is 6.61 Å². The van der Waals surface area contributed by atoms with Crippen molar-refractivity contribution in [3.05, 3.63) is 0 Å². The fraction of sp³-hybridized carbons (Fsp3) is 0.857. The molecule has 0 N–H and O–H groups in total. The van der Waals surface area contributed by atoms with Crippen LogP contribution in [0.1, 0.15) is 73.6 Å². The first kappa shape index (κ1) is 30.2. The van der Waals surface area contributed by atoms with Gasteiger partial charge in [0.25, 0.3) is 6.10 Å². The molecule has 0 amide bonds. The zero-order chi connectivity index (χ0) is 25.5. The lowest BCUT2D eigenvalue weighted by Gasteiger charge is -2.36. The molecule has 188 valence electrons. The van der Waals surface area contributed by atoms with E-state index in [4.69, 9.17) is 0 Å². The van der Waals surface area contributed by atoms with Crippen molar-refractivity contribution < 1.29 is 50.2 Å². The van der Waals surface area contributed by atoms with Crippen LogP contribution in [0.15, 0.2) is 0 Å². The topological polar surface area (TPSA) is 69.7 Å². The summed E-state index contributed by atoms with van der Waals surface area (Å²) < 4.78 is 82.2. The van der Waals surface area contributed by atoms with E-state index >= 15 is 0 Å². The van der Waals surface area contributed by atoms with E-state index in [0.717, 1.165) is 6.42 Å². The summed E-state index contributed by atoms with van der Waals surface area (Å²) in [4.78, 5) is 35.5. The van der Waals surface area contributed by atoms with Crippen LogP contribution >= 0.6 is 0 Å². The Morgan fingerprint density at radius 2 is 1.34 bits per heavy atom. The summed E-state index contributed by atoms with van der Waals surface area (Å²) in [6.07, 6.45) is -15.7. The van der Waals surface area contributed by atoms with Gasteiger partial charge >= 0.3 is 24.3 Å². The van der Waals surface area contributed by atoms with Gasteiger partial charge in [-0.05, 0) is 23.7 Å². The Hall–Kier alpha value is -1.81. The number of carbonyl (C=O) groups excluding carboxylic acids is 3. The molecule has 0 fully saturated rings. The highest BCUT2D eigenvalue weighted by molar-refractivity contribution is 5.91. The van der Waals surface area contributed by atoms with Gasteiger partial charge in [-0.25, -0.2) is 0 Å². The Labute approximate surface area is 184 Å². The molecule has 11 heteroatoms. The van der Waals surface area contributed by atoms with E-state index in [-0.39, 0.29) is 42.0 Å². The molecule has 0 heterocycles. The van der Waals surface area contributed by atoms with Crippen LogP contribution in [0.3, 0.4) is 0 Å². The van der Waals surface area contributed by atoms with E-state index in [1.54, 1.807) is 0 Å². The Balaban J connectivity index is 4.65. The molecule has 0 aliphatic rings. The fourth-order valence-electron chi connectivity index (χ4n) is 2.87. The average Bonchev–Trinajstić information content (AvgIpc) is 2.58. The van der Waals surface area contributed by atoms with Gasteiger partial charge in [-0.2, -0.15) is 26.3 Å². The summed E-state index contributed by atoms with van der Waals surface area (Å²) in [7, 11) is 0. The van der Waals surface area contributed by atoms with Gasteiger partial charge in [-0.1, -0.05) is 48.0 Å². The second-order valence-electron chi connectivity index (χ2n) is 9.56. The number of esters is 2. The molecule has 0 bridgehead atoms. The number of Topliss-reactive ketones (excluding diaryl/α,β-unsaturated/α-hetero) is 1. The lowest BCUT2D eigenvalue weighted by Crippen LogP contribution is -2.45. The van der Waals surface area contributed by atoms with Crippen molar-refractivity contribution in [2.75, 3.05) is 6.61 Å². The predicted octanol–water partition coefficient (Wildman–Crippen LogP) is 5.79. The van der Waals surface area contributed by atoms with E-state index in [1.165, 1.54) is 0 Å². The van der Waals surface area contributed by atoms with Crippen LogP contribution in [0.25, 0.3) is 0 Å². The molecule has 5 nitrogen and oxygen atoms in total. The number of hydrogen-bond donors (Lipinski definition) is 0. The van der Waals surface area contributed by atoms with E-state index in [1.807, 2.05) is 27.7 Å². The van der Waals surface area contributed by atoms with Gasteiger partial charge in [-0.15, -0.1) is 0 Å². The molecule has 0 rings (SSSR count). The number of rotatable bonds is 11. The molecule has 0 aromatic carbocycles. The van der Waals surface area contributed by atoms with Crippen molar-refractivity contribution >= 4 is 17.7 Å². The maximum absolute atomic E-state index is 12.7. The van der Waals surface area contributed by atoms with Gasteiger partial charge in [0.2, 0.25) is 0 Å². The molecule has 0 aromatic rings. The summed E-state index contributed by atoms with van der Waals surface area (Å²) in [6, 6.07) is 0. The number of ether oxygens (including phenoxy) is 2. The molecule has 0 saturated carbocycles. The number of alkyl halides is 6. The number of ketones is 1. The Bertz CT molecular complexity index is 633. The maximum atomic E-state index is 12.7. The molecule has 0 aliphatic carbocycles. The Morgan fingerprint density at radius 3 is 1.75 bits per heavy atom. The Morgan fingerprint density at radius 1 is 0.844 bits per heavy atom. The SMILES string of the molecule is CCC(C)(C)CC(C(=O)CCCOC(=O)CC(=O)OC(C(F)(F)F)C(F)(F)F)C(C)(C)C. The standard InChI is InChI=1S/C21H32F6O5/c1-7-19(5,6)12-13(18(2,3)4)14(28)9-8-10-31-15(29)11-16(30)32-17(20(22,23)24)21(25,26)27/h13,17H,7-12H2,1-6H3. The molecule has 0 spiro atoms. The van der Waals surface area contributed by atoms with Crippen LogP contribution < -0.4 is 0 Å². The first-order valence-corrected chi connectivity index (χ1v) is 10.2. The van der Waals surface area contributed by atoms with Crippen LogP contribution in [0, 0.1) is 16.7 Å². The van der Waals surface area contributed by atoms with Crippen molar-refractivity contribution in [3.63, 3.8) is 0 Å². The molecule has 0 saturated heterocycles. The smallest absolute Gasteiger partial charge is 0.434 e. The monoisotopic (exact) mass is 478 g/mol. The third-order valence-corrected chi connectivity index (χ3v) is 5.11. The first-order valence-electron chi connectivity index (χ1n) is 10.2. The van der Waals surface area contributed by atoms with Crippen LogP contribution in [-0.4, -0.2) is 42.8 Å². The lowest BCUT2D eigenvalue weighted by atomic mass is 9.68. The summed E-state index contributed by atoms with van der Waals surface area (Å²) >= 11 is 0. The molecular weight excluding hydrogens is 446 g/mol. The van der Waals surface area contributed by atoms with Crippen molar-refractivity contribution in [1.29, 1.82) is 0 Å². The van der Waals surface area contributed by atoms with E-state index in [0.29, 0.717) is 6.42 Å². The normalized spacial score (nSPS) is 14.3. The first-order chi connectivity index (χ1) is 14.2. The van der Waals surface area contributed by atoms with Crippen LogP contribution in [0.2, 0.25) is 0 Å². The molecule has 0 aromatic heterocycles. The lowest BCUT2D eigenvalue weighted by molar-refractivity contribution is -0.313. The average molecular weight is 478 g/mol. The third kappa shape index (κ3) is 11.2. The minimum absolute atomic E-state index is 0.0346. The second-order valence-corrected chi connectivity index (χ2v) is 9.56. The van der Waals surface area contributed by atoms with E-state index < -0.39 is 36.8 Å². The molecule has 0 aliphatic heterocycles. The molecule has 1 unspecified atom stereocenters. The van der Waals surface area contributed by atoms with E-state index in [9.17, 15) is 40.7 Å². The summed E-state index contributed by atoms with van der Waals surface area (Å²) in [6.45, 7) is 11.7. The van der Waals surface area contributed by atoms with Gasteiger partial charge in [0, 0.05) is 12.3 Å². The molecule has 32 heavy (non-hydrogen) atoms. The highest BCUT2D eigenvalue weighted by Gasteiger charge is 2.59. The van der Waals surface area contributed by atoms with Gasteiger partial charge in [-0.3, -0.25) is 14.4 Å². The van der Waals surface area contributed by atoms with Crippen LogP contribution in [0.4, 0.5) is 26.3 Å². The summed E-state index contributed by atoms with van der Waals surface area (Å²) in [5.74, 6) is -3.64. The van der Waals surface area contributed by atoms with Crippen molar-refractivity contribution in [1.82, 2.24) is 0 Å². The largest absolute Gasteiger partial charge is 0.465 e. The quantitative estimate of drug-likeness (QED) is 0.163. The number of carbonyl (C=O) groups is 3. The number of hydrogen-bond acceptors (Lipinski definition) is 5. The molecule has 1 atom stereocenters. The minimum atomic E-state index is -5.87. The fourth-order valence-corrected chi connectivity index (χ4v) is 2.87. The number of halogens is 6. The second kappa shape index (κ2) is 11.4. The third-order valence-electron chi connectivity index (χ3n) is 5.11. The van der Waals surface area contributed by atoms with Gasteiger partial charge in [0.1, 0.15) is 12.2 Å². The summed E-state index contributed by atoms with van der Waals surface area (Å²) in [5.41, 5.74) is -0.345. The van der Waals surface area contributed by atoms with Crippen LogP contribution in [0.5, 0.6) is 0 Å². The zero-order valence-electron chi connectivity index (χ0n) is 19.2. The maximum Gasteiger partial charge on any atom is 0.434 e. The molecular formula is C21H32F6O5. The van der Waals surface area contributed by atoms with Crippen LogP contribution in [-0.2, 0) is 23.9 Å². The highest BCUT2D eigenvalue weighted by Crippen LogP contribution is 2.39. The molecule has 0 radical (unpaired) electrons. The summed E-state index contributed by atoms with van der Waals surface area (Å²) in [5, 5.41) is 0. The highest BCUT2D eigenvalue weighted by atomic mass is 19.4.